The van der Waals surface area contributed by atoms with Gasteiger partial charge in [0.05, 0.1) is 19.8 Å². The molecule has 0 amide bonds. The largest absolute Gasteiger partial charge is 0.496 e. The van der Waals surface area contributed by atoms with Crippen LogP contribution in [0.25, 0.3) is 11.4 Å². The molecule has 0 fully saturated rings. The number of halogens is 2. The summed E-state index contributed by atoms with van der Waals surface area (Å²) in [5.41, 5.74) is 1.46. The molecule has 8 heteroatoms. The fourth-order valence-electron chi connectivity index (χ4n) is 2.30. The fourth-order valence-corrected chi connectivity index (χ4v) is 3.25. The van der Waals surface area contributed by atoms with Gasteiger partial charge in [0.2, 0.25) is 5.16 Å². The number of benzene rings is 2. The van der Waals surface area contributed by atoms with Gasteiger partial charge in [-0.25, -0.2) is 9.37 Å². The summed E-state index contributed by atoms with van der Waals surface area (Å²) in [4.78, 5) is 4.45. The number of aromatic nitrogens is 3. The fraction of sp³-hybridized carbons (Fsp3) is 0.176. The molecule has 1 aromatic heterocycles. The molecular weight excluding hydrogens is 365 g/mol. The van der Waals surface area contributed by atoms with Crippen LogP contribution in [0.5, 0.6) is 11.5 Å². The Bertz CT molecular complexity index is 888. The summed E-state index contributed by atoms with van der Waals surface area (Å²) in [5.74, 6) is 1.99. The average Bonchev–Trinajstić information content (AvgIpc) is 3.09. The van der Waals surface area contributed by atoms with Crippen molar-refractivity contribution in [1.82, 2.24) is 15.2 Å². The van der Waals surface area contributed by atoms with Gasteiger partial charge >= 0.3 is 0 Å². The van der Waals surface area contributed by atoms with Crippen molar-refractivity contribution in [3.8, 4) is 22.9 Å². The van der Waals surface area contributed by atoms with E-state index in [1.807, 2.05) is 0 Å². The van der Waals surface area contributed by atoms with Crippen LogP contribution >= 0.6 is 23.4 Å². The first-order valence-electron chi connectivity index (χ1n) is 7.32. The Morgan fingerprint density at radius 2 is 1.88 bits per heavy atom. The minimum absolute atomic E-state index is 0.310. The van der Waals surface area contributed by atoms with Crippen LogP contribution in [0.2, 0.25) is 5.02 Å². The van der Waals surface area contributed by atoms with E-state index in [1.165, 1.54) is 23.9 Å². The molecule has 0 aliphatic rings. The van der Waals surface area contributed by atoms with Gasteiger partial charge in [0.15, 0.2) is 5.82 Å². The van der Waals surface area contributed by atoms with E-state index >= 15 is 0 Å². The van der Waals surface area contributed by atoms with Crippen molar-refractivity contribution in [2.24, 2.45) is 0 Å². The zero-order valence-electron chi connectivity index (χ0n) is 13.5. The molecule has 0 aliphatic carbocycles. The number of H-pyrrole nitrogens is 1. The third-order valence-corrected chi connectivity index (χ3v) is 4.61. The number of hydrogen-bond acceptors (Lipinski definition) is 5. The van der Waals surface area contributed by atoms with Crippen molar-refractivity contribution in [1.29, 1.82) is 0 Å². The molecule has 3 aromatic rings. The number of nitrogens with one attached hydrogen (secondary N) is 1. The molecule has 25 heavy (non-hydrogen) atoms. The predicted molar refractivity (Wildman–Crippen MR) is 95.9 cm³/mol. The number of rotatable bonds is 6. The van der Waals surface area contributed by atoms with E-state index < -0.39 is 0 Å². The number of methoxy groups -OCH3 is 2. The number of aromatic amines is 1. The standard InChI is InChI=1S/C17H15ClFN3O2S/c1-23-14-6-4-12(19)7-10(14)9-25-17-20-16(21-22-17)13-8-11(18)3-5-15(13)24-2/h3-8H,9H2,1-2H3,(H,20,21,22). The SMILES string of the molecule is COc1ccc(F)cc1CSc1n[nH]c(-c2cc(Cl)ccc2OC)n1. The molecule has 5 nitrogen and oxygen atoms in total. The smallest absolute Gasteiger partial charge is 0.209 e. The molecule has 0 spiro atoms. The first-order chi connectivity index (χ1) is 12.1. The van der Waals surface area contributed by atoms with Gasteiger partial charge < -0.3 is 9.47 Å². The first kappa shape index (κ1) is 17.6. The van der Waals surface area contributed by atoms with Crippen LogP contribution in [0.3, 0.4) is 0 Å². The quantitative estimate of drug-likeness (QED) is 0.635. The van der Waals surface area contributed by atoms with Crippen LogP contribution in [-0.4, -0.2) is 29.4 Å². The number of hydrogen-bond donors (Lipinski definition) is 1. The van der Waals surface area contributed by atoms with Crippen molar-refractivity contribution in [2.45, 2.75) is 10.9 Å². The normalized spacial score (nSPS) is 10.7. The lowest BCUT2D eigenvalue weighted by Gasteiger charge is -2.07. The summed E-state index contributed by atoms with van der Waals surface area (Å²) in [6, 6.07) is 9.68. The summed E-state index contributed by atoms with van der Waals surface area (Å²) in [6.45, 7) is 0. The van der Waals surface area contributed by atoms with Gasteiger partial charge in [-0.1, -0.05) is 23.4 Å². The van der Waals surface area contributed by atoms with Crippen molar-refractivity contribution >= 4 is 23.4 Å². The Hall–Kier alpha value is -2.25. The number of thioether (sulfide) groups is 1. The molecule has 0 saturated heterocycles. The second-order valence-corrected chi connectivity index (χ2v) is 6.43. The maximum atomic E-state index is 13.4. The topological polar surface area (TPSA) is 60.0 Å². The number of nitrogens with zero attached hydrogens (tertiary/aromatic N) is 2. The van der Waals surface area contributed by atoms with Crippen molar-refractivity contribution in [3.05, 3.63) is 52.8 Å². The van der Waals surface area contributed by atoms with Crippen LogP contribution in [0.15, 0.2) is 41.6 Å². The highest BCUT2D eigenvalue weighted by molar-refractivity contribution is 7.98. The molecule has 2 aromatic carbocycles. The van der Waals surface area contributed by atoms with E-state index in [2.05, 4.69) is 15.2 Å². The van der Waals surface area contributed by atoms with Crippen molar-refractivity contribution in [3.63, 3.8) is 0 Å². The maximum Gasteiger partial charge on any atom is 0.209 e. The van der Waals surface area contributed by atoms with E-state index in [1.54, 1.807) is 38.5 Å². The third-order valence-electron chi connectivity index (χ3n) is 3.48. The van der Waals surface area contributed by atoms with E-state index in [9.17, 15) is 4.39 Å². The monoisotopic (exact) mass is 379 g/mol. The highest BCUT2D eigenvalue weighted by atomic mass is 35.5. The maximum absolute atomic E-state index is 13.4. The summed E-state index contributed by atoms with van der Waals surface area (Å²) in [7, 11) is 3.13. The molecule has 0 atom stereocenters. The zero-order valence-corrected chi connectivity index (χ0v) is 15.1. The zero-order chi connectivity index (χ0) is 17.8. The van der Waals surface area contributed by atoms with Crippen LogP contribution in [0.1, 0.15) is 5.56 Å². The predicted octanol–water partition coefficient (Wildman–Crippen LogP) is 4.57. The molecule has 1 heterocycles. The Labute approximate surface area is 153 Å². The van der Waals surface area contributed by atoms with Crippen LogP contribution in [0, 0.1) is 5.82 Å². The summed E-state index contributed by atoms with van der Waals surface area (Å²) in [6.07, 6.45) is 0. The molecule has 0 aliphatic heterocycles. The second kappa shape index (κ2) is 7.76. The van der Waals surface area contributed by atoms with Gasteiger partial charge in [-0.05, 0) is 36.4 Å². The van der Waals surface area contributed by atoms with E-state index in [0.717, 1.165) is 11.1 Å². The molecule has 0 radical (unpaired) electrons. The second-order valence-electron chi connectivity index (χ2n) is 5.06. The van der Waals surface area contributed by atoms with Gasteiger partial charge in [0.1, 0.15) is 17.3 Å². The molecule has 1 N–H and O–H groups in total. The molecule has 0 unspecified atom stereocenters. The minimum atomic E-state index is -0.310. The van der Waals surface area contributed by atoms with Gasteiger partial charge in [-0.15, -0.1) is 5.10 Å². The van der Waals surface area contributed by atoms with Crippen molar-refractivity contribution < 1.29 is 13.9 Å². The third kappa shape index (κ3) is 4.05. The van der Waals surface area contributed by atoms with E-state index in [4.69, 9.17) is 21.1 Å². The minimum Gasteiger partial charge on any atom is -0.496 e. The summed E-state index contributed by atoms with van der Waals surface area (Å²) >= 11 is 7.42. The van der Waals surface area contributed by atoms with Gasteiger partial charge in [-0.3, -0.25) is 5.10 Å². The first-order valence-corrected chi connectivity index (χ1v) is 8.68. The van der Waals surface area contributed by atoms with Gasteiger partial charge in [0.25, 0.3) is 0 Å². The van der Waals surface area contributed by atoms with Crippen LogP contribution in [-0.2, 0) is 5.75 Å². The Balaban J connectivity index is 1.79. The van der Waals surface area contributed by atoms with Crippen LogP contribution < -0.4 is 9.47 Å². The average molecular weight is 380 g/mol. The number of ether oxygens (including phenoxy) is 2. The summed E-state index contributed by atoms with van der Waals surface area (Å²) in [5, 5.41) is 8.16. The lowest BCUT2D eigenvalue weighted by Crippen LogP contribution is -1.92. The van der Waals surface area contributed by atoms with Gasteiger partial charge in [0, 0.05) is 16.3 Å². The molecule has 130 valence electrons. The molecule has 0 bridgehead atoms. The van der Waals surface area contributed by atoms with Crippen LogP contribution in [0.4, 0.5) is 4.39 Å². The van der Waals surface area contributed by atoms with E-state index in [-0.39, 0.29) is 5.82 Å². The molecule has 0 saturated carbocycles. The lowest BCUT2D eigenvalue weighted by atomic mass is 10.2. The van der Waals surface area contributed by atoms with Gasteiger partial charge in [-0.2, -0.15) is 0 Å². The highest BCUT2D eigenvalue weighted by Gasteiger charge is 2.13. The molecule has 3 rings (SSSR count). The Kier molecular flexibility index (Phi) is 5.45. The van der Waals surface area contributed by atoms with E-state index in [0.29, 0.717) is 33.3 Å². The highest BCUT2D eigenvalue weighted by Crippen LogP contribution is 2.32. The molecular formula is C17H15ClFN3O2S. The Morgan fingerprint density at radius 3 is 2.64 bits per heavy atom. The Morgan fingerprint density at radius 1 is 1.12 bits per heavy atom. The summed E-state index contributed by atoms with van der Waals surface area (Å²) < 4.78 is 24.0. The van der Waals surface area contributed by atoms with Crippen molar-refractivity contribution in [2.75, 3.05) is 14.2 Å². The lowest BCUT2D eigenvalue weighted by molar-refractivity contribution is 0.410.